The van der Waals surface area contributed by atoms with Crippen LogP contribution in [0.15, 0.2) is 47.8 Å². The maximum Gasteiger partial charge on any atom is 0.416 e. The van der Waals surface area contributed by atoms with Crippen LogP contribution in [0.3, 0.4) is 0 Å². The number of tetrazole rings is 1. The molecule has 1 heterocycles. The van der Waals surface area contributed by atoms with Gasteiger partial charge in [-0.2, -0.15) is 17.9 Å². The molecule has 0 saturated heterocycles. The lowest BCUT2D eigenvalue weighted by Gasteiger charge is -2.32. The molecule has 3 aromatic rings. The number of nitroso groups, excluding NO2 is 1. The number of para-hydroxylation sites is 1. The average molecular weight is 404 g/mol. The van der Waals surface area contributed by atoms with Crippen LogP contribution >= 0.6 is 0 Å². The van der Waals surface area contributed by atoms with Crippen LogP contribution in [-0.4, -0.2) is 20.2 Å². The number of hydrogen-bond donors (Lipinski definition) is 0. The zero-order valence-corrected chi connectivity index (χ0v) is 16.3. The Kier molecular flexibility index (Phi) is 5.12. The van der Waals surface area contributed by atoms with Gasteiger partial charge in [-0.15, -0.1) is 10.0 Å². The fourth-order valence-electron chi connectivity index (χ4n) is 3.24. The van der Waals surface area contributed by atoms with Gasteiger partial charge in [0.1, 0.15) is 5.54 Å². The van der Waals surface area contributed by atoms with Crippen LogP contribution in [0.4, 0.5) is 18.9 Å². The van der Waals surface area contributed by atoms with E-state index in [1.807, 2.05) is 32.0 Å². The summed E-state index contributed by atoms with van der Waals surface area (Å²) in [6.07, 6.45) is -4.55. The van der Waals surface area contributed by atoms with Gasteiger partial charge in [0, 0.05) is 0 Å². The minimum atomic E-state index is -4.55. The number of aryl methyl sites for hydroxylation is 2. The predicted octanol–water partition coefficient (Wildman–Crippen LogP) is 4.72. The van der Waals surface area contributed by atoms with Gasteiger partial charge in [0.15, 0.2) is 5.82 Å². The zero-order chi connectivity index (χ0) is 21.4. The van der Waals surface area contributed by atoms with Crippen molar-refractivity contribution in [1.29, 1.82) is 0 Å². The standard InChI is InChI=1S/C19H19F3N6O/c1-12-7-5-8-13(2)16(12)27-17(23-24-25-27)18(3,4)28(26-29)15-10-6-9-14(11-15)19(20,21)22/h5-11H,1-4H3. The van der Waals surface area contributed by atoms with Crippen molar-refractivity contribution in [2.45, 2.75) is 39.4 Å². The van der Waals surface area contributed by atoms with Crippen molar-refractivity contribution in [3.63, 3.8) is 0 Å². The van der Waals surface area contributed by atoms with Crippen molar-refractivity contribution >= 4 is 5.69 Å². The van der Waals surface area contributed by atoms with Gasteiger partial charge in [-0.05, 0) is 67.4 Å². The molecule has 2 aromatic carbocycles. The van der Waals surface area contributed by atoms with Crippen molar-refractivity contribution in [1.82, 2.24) is 20.2 Å². The van der Waals surface area contributed by atoms with E-state index in [2.05, 4.69) is 20.8 Å². The van der Waals surface area contributed by atoms with Gasteiger partial charge in [-0.25, -0.2) is 5.01 Å². The van der Waals surface area contributed by atoms with E-state index in [1.54, 1.807) is 13.8 Å². The highest BCUT2D eigenvalue weighted by atomic mass is 19.4. The number of hydrogen-bond acceptors (Lipinski definition) is 5. The number of rotatable bonds is 5. The molecule has 0 atom stereocenters. The van der Waals surface area contributed by atoms with Crippen molar-refractivity contribution < 1.29 is 13.2 Å². The zero-order valence-electron chi connectivity index (χ0n) is 16.3. The first-order valence-corrected chi connectivity index (χ1v) is 8.73. The summed E-state index contributed by atoms with van der Waals surface area (Å²) in [6.45, 7) is 7.02. The van der Waals surface area contributed by atoms with E-state index in [0.717, 1.165) is 34.0 Å². The van der Waals surface area contributed by atoms with E-state index in [4.69, 9.17) is 0 Å². The van der Waals surface area contributed by atoms with Crippen molar-refractivity contribution in [3.8, 4) is 5.69 Å². The molecule has 0 aliphatic heterocycles. The first kappa shape index (κ1) is 20.4. The first-order chi connectivity index (χ1) is 13.6. The molecule has 1 aromatic heterocycles. The maximum atomic E-state index is 13.1. The monoisotopic (exact) mass is 404 g/mol. The summed E-state index contributed by atoms with van der Waals surface area (Å²) in [4.78, 5) is 11.7. The molecule has 0 amide bonds. The quantitative estimate of drug-likeness (QED) is 0.454. The molecule has 29 heavy (non-hydrogen) atoms. The summed E-state index contributed by atoms with van der Waals surface area (Å²) >= 11 is 0. The Morgan fingerprint density at radius 1 is 1.03 bits per heavy atom. The Morgan fingerprint density at radius 3 is 2.24 bits per heavy atom. The molecule has 7 nitrogen and oxygen atoms in total. The fraction of sp³-hybridized carbons (Fsp3) is 0.316. The summed E-state index contributed by atoms with van der Waals surface area (Å²) in [6, 6.07) is 10.1. The van der Waals surface area contributed by atoms with E-state index < -0.39 is 17.3 Å². The minimum Gasteiger partial charge on any atom is -0.216 e. The SMILES string of the molecule is Cc1cccc(C)c1-n1nnnc1C(C)(C)N(N=O)c1cccc(C(F)(F)F)c1. The highest BCUT2D eigenvalue weighted by molar-refractivity contribution is 5.52. The summed E-state index contributed by atoms with van der Waals surface area (Å²) in [7, 11) is 0. The average Bonchev–Trinajstić information content (AvgIpc) is 3.12. The lowest BCUT2D eigenvalue weighted by molar-refractivity contribution is -0.137. The Labute approximate surface area is 165 Å². The van der Waals surface area contributed by atoms with Gasteiger partial charge in [0.2, 0.25) is 0 Å². The summed E-state index contributed by atoms with van der Waals surface area (Å²) < 4.78 is 40.8. The molecular formula is C19H19F3N6O. The minimum absolute atomic E-state index is 0.0177. The lowest BCUT2D eigenvalue weighted by Crippen LogP contribution is -2.40. The fourth-order valence-corrected chi connectivity index (χ4v) is 3.24. The van der Waals surface area contributed by atoms with Crippen LogP contribution in [-0.2, 0) is 11.7 Å². The van der Waals surface area contributed by atoms with E-state index in [0.29, 0.717) is 0 Å². The molecule has 0 saturated carbocycles. The maximum absolute atomic E-state index is 13.1. The molecule has 0 aliphatic carbocycles. The normalized spacial score (nSPS) is 12.1. The second kappa shape index (κ2) is 7.26. The molecule has 0 radical (unpaired) electrons. The molecule has 0 N–H and O–H groups in total. The lowest BCUT2D eigenvalue weighted by atomic mass is 10.0. The van der Waals surface area contributed by atoms with E-state index in [1.165, 1.54) is 16.8 Å². The summed E-state index contributed by atoms with van der Waals surface area (Å²) in [5.74, 6) is 0.256. The van der Waals surface area contributed by atoms with Gasteiger partial charge in [-0.1, -0.05) is 24.3 Å². The largest absolute Gasteiger partial charge is 0.416 e. The molecule has 0 aliphatic rings. The first-order valence-electron chi connectivity index (χ1n) is 8.73. The van der Waals surface area contributed by atoms with E-state index in [9.17, 15) is 18.1 Å². The Hall–Kier alpha value is -3.30. The van der Waals surface area contributed by atoms with E-state index >= 15 is 0 Å². The second-order valence-electron chi connectivity index (χ2n) is 7.16. The van der Waals surface area contributed by atoms with Crippen LogP contribution in [0.25, 0.3) is 5.69 Å². The summed E-state index contributed by atoms with van der Waals surface area (Å²) in [5, 5.41) is 15.8. The van der Waals surface area contributed by atoms with Crippen LogP contribution < -0.4 is 5.01 Å². The van der Waals surface area contributed by atoms with Gasteiger partial charge < -0.3 is 0 Å². The molecule has 0 fully saturated rings. The summed E-state index contributed by atoms with van der Waals surface area (Å²) in [5.41, 5.74) is 0.391. The molecule has 0 unspecified atom stereocenters. The smallest absolute Gasteiger partial charge is 0.216 e. The van der Waals surface area contributed by atoms with Gasteiger partial charge in [0.25, 0.3) is 0 Å². The Morgan fingerprint density at radius 2 is 1.66 bits per heavy atom. The third kappa shape index (κ3) is 3.69. The number of benzene rings is 2. The van der Waals surface area contributed by atoms with Gasteiger partial charge in [0.05, 0.1) is 22.2 Å². The molecule has 3 rings (SSSR count). The van der Waals surface area contributed by atoms with Crippen molar-refractivity contribution in [2.24, 2.45) is 5.29 Å². The number of nitrogens with zero attached hydrogens (tertiary/aromatic N) is 6. The van der Waals surface area contributed by atoms with Crippen molar-refractivity contribution in [3.05, 3.63) is 69.9 Å². The highest BCUT2D eigenvalue weighted by Crippen LogP contribution is 2.37. The number of anilines is 1. The van der Waals surface area contributed by atoms with Crippen molar-refractivity contribution in [2.75, 3.05) is 5.01 Å². The van der Waals surface area contributed by atoms with Crippen LogP contribution in [0.1, 0.15) is 36.4 Å². The molecule has 0 spiro atoms. The number of alkyl halides is 3. The predicted molar refractivity (Wildman–Crippen MR) is 101 cm³/mol. The van der Waals surface area contributed by atoms with Gasteiger partial charge in [-0.3, -0.25) is 0 Å². The number of aromatic nitrogens is 4. The molecule has 0 bridgehead atoms. The Bertz CT molecular complexity index is 1020. The van der Waals surface area contributed by atoms with Crippen LogP contribution in [0, 0.1) is 18.8 Å². The van der Waals surface area contributed by atoms with E-state index in [-0.39, 0.29) is 11.5 Å². The third-order valence-electron chi connectivity index (χ3n) is 4.70. The molecular weight excluding hydrogens is 385 g/mol. The second-order valence-corrected chi connectivity index (χ2v) is 7.16. The van der Waals surface area contributed by atoms with Crippen LogP contribution in [0.2, 0.25) is 0 Å². The molecule has 10 heteroatoms. The molecule has 152 valence electrons. The third-order valence-corrected chi connectivity index (χ3v) is 4.70. The van der Waals surface area contributed by atoms with Gasteiger partial charge >= 0.3 is 6.18 Å². The van der Waals surface area contributed by atoms with Crippen LogP contribution in [0.5, 0.6) is 0 Å². The topological polar surface area (TPSA) is 76.3 Å². The number of halogens is 3. The Balaban J connectivity index is 2.12. The highest BCUT2D eigenvalue weighted by Gasteiger charge is 2.38.